The van der Waals surface area contributed by atoms with Gasteiger partial charge in [-0.3, -0.25) is 4.79 Å². The van der Waals surface area contributed by atoms with Crippen LogP contribution in [0, 0.1) is 0 Å². The van der Waals surface area contributed by atoms with E-state index < -0.39 is 124 Å². The van der Waals surface area contributed by atoms with Crippen LogP contribution in [0.4, 0.5) is 0 Å². The molecule has 3 rings (SSSR count). The van der Waals surface area contributed by atoms with Gasteiger partial charge < -0.3 is 89.9 Å². The van der Waals surface area contributed by atoms with Crippen LogP contribution in [0.2, 0.25) is 0 Å². The summed E-state index contributed by atoms with van der Waals surface area (Å²) in [6.07, 6.45) is 22.1. The summed E-state index contributed by atoms with van der Waals surface area (Å²) in [5, 5.41) is 120. The van der Waals surface area contributed by atoms with Crippen LogP contribution in [0.15, 0.2) is 12.2 Å². The molecule has 82 heavy (non-hydrogen) atoms. The van der Waals surface area contributed by atoms with Crippen LogP contribution in [0.25, 0.3) is 0 Å². The number of nitrogens with one attached hydrogen (secondary N) is 1. The van der Waals surface area contributed by atoms with Gasteiger partial charge in [0.2, 0.25) is 5.91 Å². The summed E-state index contributed by atoms with van der Waals surface area (Å²) in [7, 11) is 0. The first-order valence-corrected chi connectivity index (χ1v) is 32.9. The van der Waals surface area contributed by atoms with Crippen molar-refractivity contribution in [3.63, 3.8) is 0 Å². The van der Waals surface area contributed by atoms with E-state index in [0.717, 1.165) is 44.9 Å². The molecule has 484 valence electrons. The molecule has 0 aliphatic carbocycles. The van der Waals surface area contributed by atoms with Gasteiger partial charge in [-0.15, -0.1) is 0 Å². The predicted octanol–water partition coefficient (Wildman–Crippen LogP) is 7.33. The Morgan fingerprint density at radius 2 is 0.756 bits per heavy atom. The molecule has 3 aliphatic rings. The molecule has 17 atom stereocenters. The van der Waals surface area contributed by atoms with E-state index in [0.29, 0.717) is 6.42 Å². The average molecular weight is 1180 g/mol. The third-order valence-corrected chi connectivity index (χ3v) is 16.8. The Bertz CT molecular complexity index is 1550. The first kappa shape index (κ1) is 74.8. The molecule has 12 N–H and O–H groups in total. The topological polar surface area (TPSA) is 307 Å². The maximum atomic E-state index is 13.3. The molecule has 1 amide bonds. The Morgan fingerprint density at radius 1 is 0.427 bits per heavy atom. The predicted molar refractivity (Wildman–Crippen MR) is 314 cm³/mol. The summed E-state index contributed by atoms with van der Waals surface area (Å²) < 4.78 is 34.3. The van der Waals surface area contributed by atoms with E-state index in [1.54, 1.807) is 6.08 Å². The highest BCUT2D eigenvalue weighted by atomic mass is 16.8. The smallest absolute Gasteiger partial charge is 0.220 e. The zero-order chi connectivity index (χ0) is 59.7. The highest BCUT2D eigenvalue weighted by molar-refractivity contribution is 5.76. The molecule has 0 aromatic carbocycles. The average Bonchev–Trinajstić information content (AvgIpc) is 3.67. The van der Waals surface area contributed by atoms with Crippen LogP contribution in [0.5, 0.6) is 0 Å². The molecule has 0 bridgehead atoms. The van der Waals surface area contributed by atoms with Crippen molar-refractivity contribution in [1.29, 1.82) is 0 Å². The number of carbonyl (C=O) groups excluding carboxylic acids is 1. The standard InChI is InChI=1S/C63H119NO18/c1-3-5-7-9-11-13-15-16-17-18-19-20-21-22-23-24-25-26-27-28-29-31-33-35-37-39-41-51(69)64-46(47(68)40-38-36-34-32-30-14-12-10-8-6-4-2)45-77-61-57(75)54(72)59(49(43-66)79-61)82-63-58(76)55(73)60(50(44-67)80-63)81-62-56(74)53(71)52(70)48(42-65)78-62/h38,40,46-50,52-63,65-68,70-76H,3-37,39,41-45H2,1-2H3,(H,64,69)/b40-38+. The number of amides is 1. The fraction of sp³-hybridized carbons (Fsp3) is 0.952. The van der Waals surface area contributed by atoms with E-state index in [9.17, 15) is 61.0 Å². The molecule has 0 aromatic heterocycles. The Hall–Kier alpha value is -1.47. The van der Waals surface area contributed by atoms with Gasteiger partial charge in [-0.1, -0.05) is 238 Å². The zero-order valence-corrected chi connectivity index (χ0v) is 50.7. The SMILES string of the molecule is CCCCCCCCCCC/C=C/C(O)C(COC1OC(CO)C(OC2OC(CO)C(OC3OC(CO)C(O)C(O)C3O)C(O)C2O)C(O)C1O)NC(=O)CCCCCCCCCCCCCCCCCCCCCCCCCCCC. The minimum atomic E-state index is -1.97. The number of hydrogen-bond donors (Lipinski definition) is 12. The lowest BCUT2D eigenvalue weighted by Crippen LogP contribution is -2.66. The van der Waals surface area contributed by atoms with Gasteiger partial charge in [0.05, 0.1) is 38.6 Å². The van der Waals surface area contributed by atoms with Crippen LogP contribution < -0.4 is 5.32 Å². The Balaban J connectivity index is 1.40. The van der Waals surface area contributed by atoms with Gasteiger partial charge in [0.15, 0.2) is 18.9 Å². The third-order valence-electron chi connectivity index (χ3n) is 16.8. The number of hydrogen-bond acceptors (Lipinski definition) is 18. The van der Waals surface area contributed by atoms with E-state index in [-0.39, 0.29) is 18.9 Å². The molecular formula is C63H119NO18. The number of aliphatic hydroxyl groups is 11. The second kappa shape index (κ2) is 46.7. The van der Waals surface area contributed by atoms with Crippen molar-refractivity contribution >= 4 is 5.91 Å². The van der Waals surface area contributed by atoms with E-state index in [1.807, 2.05) is 6.08 Å². The highest BCUT2D eigenvalue weighted by Crippen LogP contribution is 2.33. The minimum absolute atomic E-state index is 0.249. The molecule has 0 saturated carbocycles. The molecule has 0 radical (unpaired) electrons. The van der Waals surface area contributed by atoms with Gasteiger partial charge in [-0.05, 0) is 19.3 Å². The lowest BCUT2D eigenvalue weighted by Gasteiger charge is -2.48. The van der Waals surface area contributed by atoms with Gasteiger partial charge >= 0.3 is 0 Å². The quantitative estimate of drug-likeness (QED) is 0.0210. The summed E-state index contributed by atoms with van der Waals surface area (Å²) in [6.45, 7) is 1.73. The second-order valence-electron chi connectivity index (χ2n) is 23.9. The fourth-order valence-corrected chi connectivity index (χ4v) is 11.4. The molecular weight excluding hydrogens is 1060 g/mol. The van der Waals surface area contributed by atoms with Gasteiger partial charge in [0, 0.05) is 6.42 Å². The fourth-order valence-electron chi connectivity index (χ4n) is 11.4. The summed E-state index contributed by atoms with van der Waals surface area (Å²) in [4.78, 5) is 13.3. The molecule has 0 aromatic rings. The first-order valence-electron chi connectivity index (χ1n) is 32.9. The summed E-state index contributed by atoms with van der Waals surface area (Å²) in [5.74, 6) is -0.272. The molecule has 3 heterocycles. The monoisotopic (exact) mass is 1180 g/mol. The number of unbranched alkanes of at least 4 members (excludes halogenated alkanes) is 34. The van der Waals surface area contributed by atoms with Crippen molar-refractivity contribution in [2.75, 3.05) is 26.4 Å². The maximum Gasteiger partial charge on any atom is 0.220 e. The van der Waals surface area contributed by atoms with Gasteiger partial charge in [-0.2, -0.15) is 0 Å². The van der Waals surface area contributed by atoms with Crippen molar-refractivity contribution in [2.45, 2.75) is 356 Å². The Morgan fingerprint density at radius 3 is 1.15 bits per heavy atom. The van der Waals surface area contributed by atoms with E-state index >= 15 is 0 Å². The number of allylic oxidation sites excluding steroid dienone is 1. The number of aliphatic hydroxyl groups excluding tert-OH is 11. The number of ether oxygens (including phenoxy) is 6. The molecule has 3 aliphatic heterocycles. The van der Waals surface area contributed by atoms with Crippen LogP contribution in [0.3, 0.4) is 0 Å². The van der Waals surface area contributed by atoms with Gasteiger partial charge in [-0.25, -0.2) is 0 Å². The van der Waals surface area contributed by atoms with Crippen molar-refractivity contribution in [2.24, 2.45) is 0 Å². The molecule has 17 unspecified atom stereocenters. The zero-order valence-electron chi connectivity index (χ0n) is 50.7. The Kier molecular flexibility index (Phi) is 42.5. The van der Waals surface area contributed by atoms with E-state index in [2.05, 4.69) is 19.2 Å². The lowest BCUT2D eigenvalue weighted by atomic mass is 9.96. The summed E-state index contributed by atoms with van der Waals surface area (Å²) >= 11 is 0. The molecule has 3 fully saturated rings. The van der Waals surface area contributed by atoms with Crippen LogP contribution in [0.1, 0.15) is 251 Å². The summed E-state index contributed by atoms with van der Waals surface area (Å²) in [5.41, 5.74) is 0. The van der Waals surface area contributed by atoms with Crippen LogP contribution in [-0.2, 0) is 33.2 Å². The molecule has 19 nitrogen and oxygen atoms in total. The van der Waals surface area contributed by atoms with Crippen molar-refractivity contribution < 1.29 is 89.4 Å². The molecule has 3 saturated heterocycles. The van der Waals surface area contributed by atoms with Crippen molar-refractivity contribution in [3.05, 3.63) is 12.2 Å². The third kappa shape index (κ3) is 29.5. The Labute approximate surface area is 493 Å². The normalized spacial score (nSPS) is 29.6. The van der Waals surface area contributed by atoms with Crippen molar-refractivity contribution in [3.8, 4) is 0 Å². The van der Waals surface area contributed by atoms with Crippen LogP contribution in [-0.4, -0.2) is 193 Å². The van der Waals surface area contributed by atoms with E-state index in [4.69, 9.17) is 28.4 Å². The second-order valence-corrected chi connectivity index (χ2v) is 23.9. The maximum absolute atomic E-state index is 13.3. The summed E-state index contributed by atoms with van der Waals surface area (Å²) in [6, 6.07) is -0.966. The largest absolute Gasteiger partial charge is 0.394 e. The molecule has 19 heteroatoms. The van der Waals surface area contributed by atoms with E-state index in [1.165, 1.54) is 180 Å². The number of carbonyl (C=O) groups is 1. The first-order chi connectivity index (χ1) is 39.8. The minimum Gasteiger partial charge on any atom is -0.394 e. The highest BCUT2D eigenvalue weighted by Gasteiger charge is 2.53. The van der Waals surface area contributed by atoms with Crippen LogP contribution >= 0.6 is 0 Å². The van der Waals surface area contributed by atoms with Crippen molar-refractivity contribution in [1.82, 2.24) is 5.32 Å². The van der Waals surface area contributed by atoms with Gasteiger partial charge in [0.1, 0.15) is 73.2 Å². The lowest BCUT2D eigenvalue weighted by molar-refractivity contribution is -0.379. The number of rotatable bonds is 50. The molecule has 0 spiro atoms. The van der Waals surface area contributed by atoms with Gasteiger partial charge in [0.25, 0.3) is 0 Å².